The highest BCUT2D eigenvalue weighted by molar-refractivity contribution is 5.91. The monoisotopic (exact) mass is 310 g/mol. The average Bonchev–Trinajstić information content (AvgIpc) is 2.57. The predicted molar refractivity (Wildman–Crippen MR) is 93.1 cm³/mol. The van der Waals surface area contributed by atoms with Crippen molar-refractivity contribution in [1.82, 2.24) is 0 Å². The smallest absolute Gasteiger partial charge is 0.224 e. The van der Waals surface area contributed by atoms with Crippen LogP contribution < -0.4 is 15.4 Å². The SMILES string of the molecule is CCOc1ccc(NC(=O)CC2CCNc3ccccc32)cc1. The van der Waals surface area contributed by atoms with Gasteiger partial charge in [0, 0.05) is 24.3 Å². The van der Waals surface area contributed by atoms with Gasteiger partial charge in [0.05, 0.1) is 6.61 Å². The minimum Gasteiger partial charge on any atom is -0.494 e. The van der Waals surface area contributed by atoms with Crippen molar-refractivity contribution in [1.29, 1.82) is 0 Å². The predicted octanol–water partition coefficient (Wildman–Crippen LogP) is 4.01. The van der Waals surface area contributed by atoms with Crippen LogP contribution in [0.5, 0.6) is 5.75 Å². The van der Waals surface area contributed by atoms with Gasteiger partial charge in [-0.05, 0) is 55.2 Å². The lowest BCUT2D eigenvalue weighted by molar-refractivity contribution is -0.116. The van der Waals surface area contributed by atoms with Gasteiger partial charge in [0.15, 0.2) is 0 Å². The molecule has 4 heteroatoms. The second-order valence-corrected chi connectivity index (χ2v) is 5.71. The largest absolute Gasteiger partial charge is 0.494 e. The zero-order valence-electron chi connectivity index (χ0n) is 13.3. The molecule has 0 spiro atoms. The summed E-state index contributed by atoms with van der Waals surface area (Å²) in [5.41, 5.74) is 3.19. The summed E-state index contributed by atoms with van der Waals surface area (Å²) in [7, 11) is 0. The maximum atomic E-state index is 12.3. The zero-order chi connectivity index (χ0) is 16.1. The summed E-state index contributed by atoms with van der Waals surface area (Å²) in [6, 6.07) is 15.7. The Hall–Kier alpha value is -2.49. The van der Waals surface area contributed by atoms with E-state index in [1.165, 1.54) is 5.56 Å². The number of nitrogens with one attached hydrogen (secondary N) is 2. The molecule has 1 aliphatic heterocycles. The molecule has 4 nitrogen and oxygen atoms in total. The van der Waals surface area contributed by atoms with Crippen molar-refractivity contribution in [3.63, 3.8) is 0 Å². The second-order valence-electron chi connectivity index (χ2n) is 5.71. The molecule has 0 bridgehead atoms. The number of fused-ring (bicyclic) bond motifs is 1. The number of benzene rings is 2. The van der Waals surface area contributed by atoms with E-state index in [0.29, 0.717) is 13.0 Å². The molecule has 0 aliphatic carbocycles. The number of ether oxygens (including phenoxy) is 1. The number of amides is 1. The zero-order valence-corrected chi connectivity index (χ0v) is 13.3. The van der Waals surface area contributed by atoms with Gasteiger partial charge in [-0.3, -0.25) is 4.79 Å². The van der Waals surface area contributed by atoms with Crippen molar-refractivity contribution in [2.45, 2.75) is 25.7 Å². The standard InChI is InChI=1S/C19H22N2O2/c1-2-23-16-9-7-15(8-10-16)21-19(22)13-14-11-12-20-18-6-4-3-5-17(14)18/h3-10,14,20H,2,11-13H2,1H3,(H,21,22). The highest BCUT2D eigenvalue weighted by atomic mass is 16.5. The van der Waals surface area contributed by atoms with Gasteiger partial charge in [-0.15, -0.1) is 0 Å². The van der Waals surface area contributed by atoms with E-state index in [1.807, 2.05) is 43.3 Å². The van der Waals surface area contributed by atoms with Gasteiger partial charge < -0.3 is 15.4 Å². The molecule has 1 unspecified atom stereocenters. The van der Waals surface area contributed by atoms with Crippen LogP contribution in [0.2, 0.25) is 0 Å². The molecule has 3 rings (SSSR count). The molecule has 1 heterocycles. The fourth-order valence-corrected chi connectivity index (χ4v) is 3.00. The van der Waals surface area contributed by atoms with Crippen molar-refractivity contribution in [2.24, 2.45) is 0 Å². The van der Waals surface area contributed by atoms with Gasteiger partial charge >= 0.3 is 0 Å². The fraction of sp³-hybridized carbons (Fsp3) is 0.316. The summed E-state index contributed by atoms with van der Waals surface area (Å²) >= 11 is 0. The molecule has 120 valence electrons. The van der Waals surface area contributed by atoms with E-state index in [2.05, 4.69) is 22.8 Å². The molecule has 0 saturated carbocycles. The first-order valence-corrected chi connectivity index (χ1v) is 8.12. The lowest BCUT2D eigenvalue weighted by Gasteiger charge is -2.26. The molecule has 0 aromatic heterocycles. The van der Waals surface area contributed by atoms with Gasteiger partial charge in [-0.25, -0.2) is 0 Å². The van der Waals surface area contributed by atoms with Crippen molar-refractivity contribution in [3.05, 3.63) is 54.1 Å². The molecular weight excluding hydrogens is 288 g/mol. The minimum absolute atomic E-state index is 0.0517. The molecular formula is C19H22N2O2. The quantitative estimate of drug-likeness (QED) is 0.877. The van der Waals surface area contributed by atoms with Crippen LogP contribution in [-0.4, -0.2) is 19.1 Å². The second kappa shape index (κ2) is 7.18. The van der Waals surface area contributed by atoms with Crippen LogP contribution >= 0.6 is 0 Å². The summed E-state index contributed by atoms with van der Waals surface area (Å²) in [5, 5.41) is 6.36. The number of hydrogen-bond donors (Lipinski definition) is 2. The van der Waals surface area contributed by atoms with Crippen molar-refractivity contribution in [3.8, 4) is 5.75 Å². The number of carbonyl (C=O) groups excluding carboxylic acids is 1. The molecule has 0 fully saturated rings. The first-order chi connectivity index (χ1) is 11.3. The van der Waals surface area contributed by atoms with Crippen LogP contribution in [0, 0.1) is 0 Å². The van der Waals surface area contributed by atoms with Gasteiger partial charge in [0.1, 0.15) is 5.75 Å². The molecule has 0 saturated heterocycles. The third-order valence-corrected chi connectivity index (χ3v) is 4.09. The van der Waals surface area contributed by atoms with E-state index in [4.69, 9.17) is 4.74 Å². The van der Waals surface area contributed by atoms with E-state index < -0.39 is 0 Å². The van der Waals surface area contributed by atoms with Gasteiger partial charge in [-0.1, -0.05) is 18.2 Å². The molecule has 0 radical (unpaired) electrons. The Morgan fingerprint density at radius 3 is 2.78 bits per heavy atom. The van der Waals surface area contributed by atoms with E-state index in [0.717, 1.165) is 30.1 Å². The lowest BCUT2D eigenvalue weighted by Crippen LogP contribution is -2.22. The van der Waals surface area contributed by atoms with Crippen molar-refractivity contribution >= 4 is 17.3 Å². The number of hydrogen-bond acceptors (Lipinski definition) is 3. The third-order valence-electron chi connectivity index (χ3n) is 4.09. The summed E-state index contributed by atoms with van der Waals surface area (Å²) < 4.78 is 5.41. The van der Waals surface area contributed by atoms with Gasteiger partial charge in [-0.2, -0.15) is 0 Å². The highest BCUT2D eigenvalue weighted by Gasteiger charge is 2.22. The lowest BCUT2D eigenvalue weighted by atomic mass is 9.88. The Morgan fingerprint density at radius 2 is 2.00 bits per heavy atom. The number of carbonyl (C=O) groups is 1. The van der Waals surface area contributed by atoms with Gasteiger partial charge in [0.25, 0.3) is 0 Å². The third kappa shape index (κ3) is 3.83. The van der Waals surface area contributed by atoms with Crippen LogP contribution in [0.15, 0.2) is 48.5 Å². The summed E-state index contributed by atoms with van der Waals surface area (Å²) in [5.74, 6) is 1.14. The van der Waals surface area contributed by atoms with E-state index >= 15 is 0 Å². The van der Waals surface area contributed by atoms with E-state index in [1.54, 1.807) is 0 Å². The van der Waals surface area contributed by atoms with Crippen LogP contribution in [0.3, 0.4) is 0 Å². The Balaban J connectivity index is 1.62. The first-order valence-electron chi connectivity index (χ1n) is 8.12. The van der Waals surface area contributed by atoms with Crippen LogP contribution in [0.4, 0.5) is 11.4 Å². The Kier molecular flexibility index (Phi) is 4.81. The number of para-hydroxylation sites is 1. The summed E-state index contributed by atoms with van der Waals surface area (Å²) in [4.78, 5) is 12.3. The highest BCUT2D eigenvalue weighted by Crippen LogP contribution is 2.33. The molecule has 2 aromatic carbocycles. The molecule has 1 aliphatic rings. The first kappa shape index (κ1) is 15.4. The maximum absolute atomic E-state index is 12.3. The topological polar surface area (TPSA) is 50.4 Å². The van der Waals surface area contributed by atoms with Crippen molar-refractivity contribution in [2.75, 3.05) is 23.8 Å². The van der Waals surface area contributed by atoms with Crippen LogP contribution in [0.1, 0.15) is 31.2 Å². The Bertz CT molecular complexity index is 667. The normalized spacial score (nSPS) is 16.1. The fourth-order valence-electron chi connectivity index (χ4n) is 3.00. The molecule has 1 atom stereocenters. The van der Waals surface area contributed by atoms with Crippen LogP contribution in [-0.2, 0) is 4.79 Å². The number of anilines is 2. The molecule has 2 N–H and O–H groups in total. The molecule has 1 amide bonds. The molecule has 23 heavy (non-hydrogen) atoms. The number of rotatable bonds is 5. The Labute approximate surface area is 136 Å². The van der Waals surface area contributed by atoms with Crippen molar-refractivity contribution < 1.29 is 9.53 Å². The Morgan fingerprint density at radius 1 is 1.22 bits per heavy atom. The summed E-state index contributed by atoms with van der Waals surface area (Å²) in [6.07, 6.45) is 1.49. The minimum atomic E-state index is 0.0517. The van der Waals surface area contributed by atoms with E-state index in [-0.39, 0.29) is 11.8 Å². The van der Waals surface area contributed by atoms with Gasteiger partial charge in [0.2, 0.25) is 5.91 Å². The van der Waals surface area contributed by atoms with E-state index in [9.17, 15) is 4.79 Å². The molecule has 2 aromatic rings. The van der Waals surface area contributed by atoms with Crippen LogP contribution in [0.25, 0.3) is 0 Å². The maximum Gasteiger partial charge on any atom is 0.224 e. The summed E-state index contributed by atoms with van der Waals surface area (Å²) in [6.45, 7) is 3.51. The average molecular weight is 310 g/mol.